The lowest BCUT2D eigenvalue weighted by Gasteiger charge is -2.25. The second kappa shape index (κ2) is 12.6. The summed E-state index contributed by atoms with van der Waals surface area (Å²) >= 11 is 0. The molecule has 158 valence electrons. The van der Waals surface area contributed by atoms with Gasteiger partial charge in [-0.3, -0.25) is 9.78 Å². The van der Waals surface area contributed by atoms with Crippen molar-refractivity contribution in [2.45, 2.75) is 65.8 Å². The number of carbonyl (C=O) groups is 2. The number of aliphatic hydroxyl groups excluding tert-OH is 1. The van der Waals surface area contributed by atoms with Crippen LogP contribution in [0.1, 0.15) is 63.4 Å². The van der Waals surface area contributed by atoms with Gasteiger partial charge in [0.25, 0.3) is 0 Å². The van der Waals surface area contributed by atoms with Crippen molar-refractivity contribution in [3.8, 4) is 0 Å². The zero-order chi connectivity index (χ0) is 21.0. The second-order valence-electron chi connectivity index (χ2n) is 8.29. The number of aryl methyl sites for hydroxylation is 1. The molecule has 0 aliphatic carbocycles. The summed E-state index contributed by atoms with van der Waals surface area (Å²) in [4.78, 5) is 27.8. The molecule has 2 rings (SSSR count). The number of nitrogens with one attached hydrogen (secondary N) is 2. The number of aliphatic hydroxyl groups is 1. The molecular formula is C22H37N3O3. The van der Waals surface area contributed by atoms with Crippen molar-refractivity contribution in [3.63, 3.8) is 0 Å². The van der Waals surface area contributed by atoms with Gasteiger partial charge in [0, 0.05) is 56.9 Å². The Morgan fingerprint density at radius 2 is 2.07 bits per heavy atom. The molecule has 6 heteroatoms. The summed E-state index contributed by atoms with van der Waals surface area (Å²) in [5, 5.41) is 13.3. The van der Waals surface area contributed by atoms with E-state index >= 15 is 0 Å². The Kier molecular flexibility index (Phi) is 10.9. The van der Waals surface area contributed by atoms with Crippen LogP contribution in [-0.4, -0.2) is 42.5 Å². The number of unbranched alkanes of at least 4 members (excludes halogenated alkanes) is 1. The van der Waals surface area contributed by atoms with Crippen molar-refractivity contribution in [2.24, 2.45) is 11.3 Å². The van der Waals surface area contributed by atoms with Gasteiger partial charge in [0.2, 0.25) is 5.91 Å². The third kappa shape index (κ3) is 8.48. The van der Waals surface area contributed by atoms with Crippen LogP contribution >= 0.6 is 0 Å². The highest BCUT2D eigenvalue weighted by Crippen LogP contribution is 2.26. The number of aldehydes is 1. The molecule has 1 aliphatic heterocycles. The smallest absolute Gasteiger partial charge is 0.219 e. The van der Waals surface area contributed by atoms with Crippen LogP contribution < -0.4 is 10.6 Å². The molecule has 0 bridgehead atoms. The fourth-order valence-electron chi connectivity index (χ4n) is 3.27. The van der Waals surface area contributed by atoms with Crippen LogP contribution in [0, 0.1) is 11.3 Å². The van der Waals surface area contributed by atoms with Crippen molar-refractivity contribution in [1.29, 1.82) is 0 Å². The van der Waals surface area contributed by atoms with Gasteiger partial charge in [0.15, 0.2) is 0 Å². The summed E-state index contributed by atoms with van der Waals surface area (Å²) in [5.41, 5.74) is 3.61. The Balaban J connectivity index is 0.00000190. The van der Waals surface area contributed by atoms with Crippen LogP contribution in [0.3, 0.4) is 0 Å². The Labute approximate surface area is 169 Å². The van der Waals surface area contributed by atoms with Gasteiger partial charge in [-0.1, -0.05) is 26.8 Å². The third-order valence-corrected chi connectivity index (χ3v) is 5.12. The van der Waals surface area contributed by atoms with Crippen LogP contribution in [0.4, 0.5) is 0 Å². The van der Waals surface area contributed by atoms with Crippen LogP contribution in [0.25, 0.3) is 0 Å². The molecule has 1 aliphatic rings. The predicted octanol–water partition coefficient (Wildman–Crippen LogP) is 2.42. The second-order valence-corrected chi connectivity index (χ2v) is 8.29. The van der Waals surface area contributed by atoms with Crippen LogP contribution in [0.2, 0.25) is 0 Å². The molecule has 0 fully saturated rings. The minimum Gasteiger partial charge on any atom is -0.400 e. The van der Waals surface area contributed by atoms with E-state index in [1.54, 1.807) is 0 Å². The summed E-state index contributed by atoms with van der Waals surface area (Å²) < 4.78 is 0. The maximum Gasteiger partial charge on any atom is 0.219 e. The average molecular weight is 392 g/mol. The maximum absolute atomic E-state index is 11.9. The molecule has 0 radical (unpaired) electrons. The first-order valence-electron chi connectivity index (χ1n) is 10.3. The van der Waals surface area contributed by atoms with Crippen molar-refractivity contribution in [2.75, 3.05) is 20.2 Å². The zero-order valence-electron chi connectivity index (χ0n) is 17.9. The lowest BCUT2D eigenvalue weighted by molar-refractivity contribution is -0.121. The number of pyridine rings is 1. The van der Waals surface area contributed by atoms with Crippen molar-refractivity contribution >= 4 is 12.2 Å². The quantitative estimate of drug-likeness (QED) is 0.444. The summed E-state index contributed by atoms with van der Waals surface area (Å²) in [6.45, 7) is 8.66. The third-order valence-electron chi connectivity index (χ3n) is 5.12. The van der Waals surface area contributed by atoms with Gasteiger partial charge < -0.3 is 20.5 Å². The average Bonchev–Trinajstić information content (AvgIpc) is 2.69. The fraction of sp³-hybridized carbons (Fsp3) is 0.682. The lowest BCUT2D eigenvalue weighted by atomic mass is 9.80. The van der Waals surface area contributed by atoms with E-state index in [0.717, 1.165) is 57.9 Å². The number of fused-ring (bicyclic) bond motifs is 1. The molecular weight excluding hydrogens is 354 g/mol. The van der Waals surface area contributed by atoms with E-state index in [9.17, 15) is 9.59 Å². The van der Waals surface area contributed by atoms with Gasteiger partial charge in [-0.15, -0.1) is 0 Å². The largest absolute Gasteiger partial charge is 0.400 e. The highest BCUT2D eigenvalue weighted by molar-refractivity contribution is 5.75. The summed E-state index contributed by atoms with van der Waals surface area (Å²) in [6.07, 6.45) is 6.00. The molecule has 2 heterocycles. The summed E-state index contributed by atoms with van der Waals surface area (Å²) in [5.74, 6) is 0.0566. The van der Waals surface area contributed by atoms with Gasteiger partial charge in [-0.2, -0.15) is 0 Å². The van der Waals surface area contributed by atoms with Crippen molar-refractivity contribution < 1.29 is 14.7 Å². The first-order valence-corrected chi connectivity index (χ1v) is 10.3. The molecule has 1 aromatic heterocycles. The van der Waals surface area contributed by atoms with Gasteiger partial charge >= 0.3 is 0 Å². The number of nitrogens with zero attached hydrogens (tertiary/aromatic N) is 1. The van der Waals surface area contributed by atoms with Gasteiger partial charge in [-0.25, -0.2) is 0 Å². The number of hydrogen-bond donors (Lipinski definition) is 3. The summed E-state index contributed by atoms with van der Waals surface area (Å²) in [7, 11) is 1.00. The van der Waals surface area contributed by atoms with E-state index in [1.165, 1.54) is 11.3 Å². The van der Waals surface area contributed by atoms with E-state index < -0.39 is 0 Å². The van der Waals surface area contributed by atoms with Gasteiger partial charge in [0.05, 0.1) is 0 Å². The van der Waals surface area contributed by atoms with Gasteiger partial charge in [0.1, 0.15) is 6.29 Å². The van der Waals surface area contributed by atoms with Crippen molar-refractivity contribution in [1.82, 2.24) is 15.6 Å². The lowest BCUT2D eigenvalue weighted by Crippen LogP contribution is -2.30. The molecule has 28 heavy (non-hydrogen) atoms. The topological polar surface area (TPSA) is 91.3 Å². The molecule has 1 unspecified atom stereocenters. The molecule has 0 spiro atoms. The van der Waals surface area contributed by atoms with Crippen LogP contribution in [0.15, 0.2) is 12.1 Å². The highest BCUT2D eigenvalue weighted by Gasteiger charge is 2.23. The molecule has 0 saturated heterocycles. The SMILES string of the molecule is CC(C)(C)C(C=O)CCNC(=O)CCCCc1ccc2c(n1)CCNC2.CO. The van der Waals surface area contributed by atoms with Crippen LogP contribution in [0.5, 0.6) is 0 Å². The minimum absolute atomic E-state index is 0.0203. The molecule has 0 saturated carbocycles. The minimum atomic E-state index is -0.0512. The summed E-state index contributed by atoms with van der Waals surface area (Å²) in [6, 6.07) is 4.28. The monoisotopic (exact) mass is 391 g/mol. The highest BCUT2D eigenvalue weighted by atomic mass is 16.2. The number of amides is 1. The zero-order valence-corrected chi connectivity index (χ0v) is 17.9. The normalized spacial score (nSPS) is 14.3. The molecule has 6 nitrogen and oxygen atoms in total. The Morgan fingerprint density at radius 3 is 2.75 bits per heavy atom. The van der Waals surface area contributed by atoms with Crippen LogP contribution in [-0.2, 0) is 29.0 Å². The fourth-order valence-corrected chi connectivity index (χ4v) is 3.27. The van der Waals surface area contributed by atoms with E-state index in [1.807, 2.05) is 0 Å². The Bertz CT molecular complexity index is 612. The molecule has 0 aromatic carbocycles. The Hall–Kier alpha value is -1.79. The molecule has 1 aromatic rings. The van der Waals surface area contributed by atoms with E-state index in [2.05, 4.69) is 43.5 Å². The first kappa shape index (κ1) is 24.2. The number of rotatable bonds is 9. The maximum atomic E-state index is 11.9. The number of carbonyl (C=O) groups excluding carboxylic acids is 2. The molecule has 1 atom stereocenters. The number of hydrogen-bond acceptors (Lipinski definition) is 5. The number of aromatic nitrogens is 1. The van der Waals surface area contributed by atoms with Crippen molar-refractivity contribution in [3.05, 3.63) is 29.1 Å². The van der Waals surface area contributed by atoms with E-state index in [-0.39, 0.29) is 17.2 Å². The van der Waals surface area contributed by atoms with E-state index in [0.29, 0.717) is 19.4 Å². The Morgan fingerprint density at radius 1 is 1.32 bits per heavy atom. The standard InChI is InChI=1S/C21H33N3O2.CH4O/c1-21(2,3)17(15-25)10-13-23-20(26)7-5-4-6-18-9-8-16-14-22-12-11-19(16)24-18;1-2/h8-9,15,17,22H,4-7,10-14H2,1-3H3,(H,23,26);2H,1H3. The molecule has 3 N–H and O–H groups in total. The molecule has 1 amide bonds. The van der Waals surface area contributed by atoms with Gasteiger partial charge in [-0.05, 0) is 42.7 Å². The first-order chi connectivity index (χ1) is 13.4. The predicted molar refractivity (Wildman–Crippen MR) is 112 cm³/mol. The van der Waals surface area contributed by atoms with E-state index in [4.69, 9.17) is 10.1 Å².